The van der Waals surface area contributed by atoms with Crippen molar-refractivity contribution >= 4 is 27.7 Å². The van der Waals surface area contributed by atoms with Crippen LogP contribution in [0, 0.1) is 0 Å². The van der Waals surface area contributed by atoms with E-state index in [1.54, 1.807) is 6.07 Å². The quantitative estimate of drug-likeness (QED) is 0.516. The molecule has 4 heteroatoms. The molecular formula is C15H23BrN2O. The fraction of sp³-hybridized carbons (Fsp3) is 0.600. The molecule has 0 fully saturated rings. The molecule has 1 N–H and O–H groups in total. The monoisotopic (exact) mass is 326 g/mol. The summed E-state index contributed by atoms with van der Waals surface area (Å²) in [4.78, 5) is 15.9. The van der Waals surface area contributed by atoms with Crippen LogP contribution in [-0.2, 0) is 4.79 Å². The zero-order valence-electron chi connectivity index (χ0n) is 11.6. The van der Waals surface area contributed by atoms with Gasteiger partial charge in [-0.25, -0.2) is 4.98 Å². The number of unbranched alkanes of at least 4 members (excludes halogenated alkanes) is 6. The highest BCUT2D eigenvalue weighted by molar-refractivity contribution is 9.10. The molecule has 0 saturated carbocycles. The van der Waals surface area contributed by atoms with E-state index in [4.69, 9.17) is 0 Å². The molecule has 0 aliphatic carbocycles. The molecule has 1 heterocycles. The third kappa shape index (κ3) is 7.98. The number of nitrogens with one attached hydrogen (secondary N) is 1. The molecule has 0 atom stereocenters. The van der Waals surface area contributed by atoms with Crippen LogP contribution in [-0.4, -0.2) is 10.9 Å². The number of anilines is 1. The van der Waals surface area contributed by atoms with Crippen LogP contribution in [0.5, 0.6) is 0 Å². The van der Waals surface area contributed by atoms with Crippen LogP contribution in [0.4, 0.5) is 5.82 Å². The third-order valence-electron chi connectivity index (χ3n) is 2.99. The third-order valence-corrected chi connectivity index (χ3v) is 3.43. The molecule has 1 aromatic rings. The molecule has 3 nitrogen and oxygen atoms in total. The summed E-state index contributed by atoms with van der Waals surface area (Å²) in [6.07, 6.45) is 9.16. The summed E-state index contributed by atoms with van der Waals surface area (Å²) >= 11 is 3.28. The van der Waals surface area contributed by atoms with Gasteiger partial charge < -0.3 is 5.32 Å². The standard InChI is InChI=1S/C15H23BrN2O/c1-2-3-4-5-6-7-8-12-15(19)18-14-11-9-10-13(16)17-14/h9-11H,2-8,12H2,1H3,(H,17,18,19). The summed E-state index contributed by atoms with van der Waals surface area (Å²) in [6, 6.07) is 5.50. The van der Waals surface area contributed by atoms with Gasteiger partial charge in [-0.15, -0.1) is 0 Å². The number of nitrogens with zero attached hydrogens (tertiary/aromatic N) is 1. The van der Waals surface area contributed by atoms with Gasteiger partial charge in [0.1, 0.15) is 10.4 Å². The summed E-state index contributed by atoms with van der Waals surface area (Å²) in [6.45, 7) is 2.22. The minimum atomic E-state index is 0.0548. The van der Waals surface area contributed by atoms with Crippen LogP contribution < -0.4 is 5.32 Å². The van der Waals surface area contributed by atoms with E-state index in [-0.39, 0.29) is 5.91 Å². The minimum Gasteiger partial charge on any atom is -0.311 e. The predicted octanol–water partition coefficient (Wildman–Crippen LogP) is 4.92. The van der Waals surface area contributed by atoms with Gasteiger partial charge in [0.2, 0.25) is 5.91 Å². The number of carbonyl (C=O) groups excluding carboxylic acids is 1. The average molecular weight is 327 g/mol. The molecule has 0 aliphatic rings. The highest BCUT2D eigenvalue weighted by Gasteiger charge is 2.03. The van der Waals surface area contributed by atoms with Gasteiger partial charge in [-0.3, -0.25) is 4.79 Å². The van der Waals surface area contributed by atoms with Crippen molar-refractivity contribution in [3.05, 3.63) is 22.8 Å². The van der Waals surface area contributed by atoms with Crippen LogP contribution in [0.25, 0.3) is 0 Å². The van der Waals surface area contributed by atoms with Crippen LogP contribution >= 0.6 is 15.9 Å². The first-order valence-electron chi connectivity index (χ1n) is 7.14. The summed E-state index contributed by atoms with van der Waals surface area (Å²) in [5.74, 6) is 0.668. The maximum absolute atomic E-state index is 11.7. The van der Waals surface area contributed by atoms with E-state index in [2.05, 4.69) is 33.2 Å². The normalized spacial score (nSPS) is 10.4. The van der Waals surface area contributed by atoms with E-state index < -0.39 is 0 Å². The largest absolute Gasteiger partial charge is 0.311 e. The predicted molar refractivity (Wildman–Crippen MR) is 83.2 cm³/mol. The number of rotatable bonds is 9. The second-order valence-corrected chi connectivity index (χ2v) is 5.58. The number of hydrogen-bond acceptors (Lipinski definition) is 2. The second-order valence-electron chi connectivity index (χ2n) is 4.77. The zero-order valence-corrected chi connectivity index (χ0v) is 13.2. The van der Waals surface area contributed by atoms with Gasteiger partial charge in [0, 0.05) is 6.42 Å². The van der Waals surface area contributed by atoms with Crippen LogP contribution in [0.3, 0.4) is 0 Å². The lowest BCUT2D eigenvalue weighted by Gasteiger charge is -2.04. The van der Waals surface area contributed by atoms with Crippen LogP contribution in [0.2, 0.25) is 0 Å². The number of halogens is 1. The van der Waals surface area contributed by atoms with Crippen molar-refractivity contribution in [2.75, 3.05) is 5.32 Å². The first-order valence-corrected chi connectivity index (χ1v) is 7.94. The molecule has 0 saturated heterocycles. The molecule has 19 heavy (non-hydrogen) atoms. The lowest BCUT2D eigenvalue weighted by molar-refractivity contribution is -0.116. The van der Waals surface area contributed by atoms with Gasteiger partial charge >= 0.3 is 0 Å². The molecule has 0 aliphatic heterocycles. The highest BCUT2D eigenvalue weighted by atomic mass is 79.9. The highest BCUT2D eigenvalue weighted by Crippen LogP contribution is 2.12. The molecule has 106 valence electrons. The molecule has 0 unspecified atom stereocenters. The van der Waals surface area contributed by atoms with E-state index in [0.717, 1.165) is 17.4 Å². The molecule has 0 bridgehead atoms. The summed E-state index contributed by atoms with van der Waals surface area (Å²) in [7, 11) is 0. The summed E-state index contributed by atoms with van der Waals surface area (Å²) < 4.78 is 0.737. The van der Waals surface area contributed by atoms with E-state index in [9.17, 15) is 4.79 Å². The Bertz CT molecular complexity index is 382. The smallest absolute Gasteiger partial charge is 0.225 e. The van der Waals surface area contributed by atoms with Gasteiger partial charge in [0.15, 0.2) is 0 Å². The van der Waals surface area contributed by atoms with Crippen LogP contribution in [0.1, 0.15) is 58.3 Å². The fourth-order valence-corrected chi connectivity index (χ4v) is 2.27. The van der Waals surface area contributed by atoms with Crippen molar-refractivity contribution in [1.82, 2.24) is 4.98 Å². The minimum absolute atomic E-state index is 0.0548. The second kappa shape index (κ2) is 9.96. The number of carbonyl (C=O) groups is 1. The molecule has 0 aromatic carbocycles. The van der Waals surface area contributed by atoms with Crippen molar-refractivity contribution in [1.29, 1.82) is 0 Å². The fourth-order valence-electron chi connectivity index (χ4n) is 1.93. The van der Waals surface area contributed by atoms with E-state index in [1.165, 1.54) is 32.1 Å². The lowest BCUT2D eigenvalue weighted by atomic mass is 10.1. The van der Waals surface area contributed by atoms with Gasteiger partial charge in [-0.1, -0.05) is 51.5 Å². The van der Waals surface area contributed by atoms with Crippen molar-refractivity contribution in [2.24, 2.45) is 0 Å². The Labute approximate surface area is 124 Å². The Balaban J connectivity index is 2.08. The molecule has 1 rings (SSSR count). The first kappa shape index (κ1) is 16.2. The molecule has 0 radical (unpaired) electrons. The Morgan fingerprint density at radius 1 is 1.16 bits per heavy atom. The molecule has 1 amide bonds. The number of aromatic nitrogens is 1. The SMILES string of the molecule is CCCCCCCCCC(=O)Nc1cccc(Br)n1. The Morgan fingerprint density at radius 3 is 2.53 bits per heavy atom. The number of pyridine rings is 1. The topological polar surface area (TPSA) is 42.0 Å². The first-order chi connectivity index (χ1) is 9.22. The summed E-state index contributed by atoms with van der Waals surface area (Å²) in [5.41, 5.74) is 0. The van der Waals surface area contributed by atoms with Crippen molar-refractivity contribution in [2.45, 2.75) is 58.3 Å². The van der Waals surface area contributed by atoms with E-state index >= 15 is 0 Å². The van der Waals surface area contributed by atoms with Crippen molar-refractivity contribution < 1.29 is 4.79 Å². The maximum Gasteiger partial charge on any atom is 0.225 e. The number of amides is 1. The van der Waals surface area contributed by atoms with E-state index in [0.29, 0.717) is 12.2 Å². The van der Waals surface area contributed by atoms with Crippen molar-refractivity contribution in [3.63, 3.8) is 0 Å². The van der Waals surface area contributed by atoms with Crippen molar-refractivity contribution in [3.8, 4) is 0 Å². The number of hydrogen-bond donors (Lipinski definition) is 1. The van der Waals surface area contributed by atoms with Gasteiger partial charge in [0.25, 0.3) is 0 Å². The summed E-state index contributed by atoms with van der Waals surface area (Å²) in [5, 5.41) is 2.81. The zero-order chi connectivity index (χ0) is 13.9. The average Bonchev–Trinajstić information content (AvgIpc) is 2.37. The van der Waals surface area contributed by atoms with Crippen LogP contribution in [0.15, 0.2) is 22.8 Å². The Kier molecular flexibility index (Phi) is 8.47. The maximum atomic E-state index is 11.7. The van der Waals surface area contributed by atoms with E-state index in [1.807, 2.05) is 12.1 Å². The Hall–Kier alpha value is -0.900. The molecular weight excluding hydrogens is 304 g/mol. The van der Waals surface area contributed by atoms with Gasteiger partial charge in [-0.05, 0) is 34.5 Å². The Morgan fingerprint density at radius 2 is 1.84 bits per heavy atom. The lowest BCUT2D eigenvalue weighted by Crippen LogP contribution is -2.12. The molecule has 0 spiro atoms. The molecule has 1 aromatic heterocycles. The van der Waals surface area contributed by atoms with Gasteiger partial charge in [-0.2, -0.15) is 0 Å². The van der Waals surface area contributed by atoms with Gasteiger partial charge in [0.05, 0.1) is 0 Å².